The molecule has 0 amide bonds. The number of benzene rings is 1. The van der Waals surface area contributed by atoms with Gasteiger partial charge in [0.1, 0.15) is 0 Å². The monoisotopic (exact) mass is 244 g/mol. The molecule has 0 saturated carbocycles. The Hall–Kier alpha value is -1.11. The van der Waals surface area contributed by atoms with Crippen LogP contribution in [0.3, 0.4) is 0 Å². The highest BCUT2D eigenvalue weighted by molar-refractivity contribution is 5.99. The van der Waals surface area contributed by atoms with Gasteiger partial charge in [-0.1, -0.05) is 45.0 Å². The van der Waals surface area contributed by atoms with Crippen LogP contribution < -0.4 is 0 Å². The number of ketones is 1. The predicted octanol–water partition coefficient (Wildman–Crippen LogP) is 4.65. The van der Waals surface area contributed by atoms with Crippen molar-refractivity contribution >= 4 is 5.78 Å². The highest BCUT2D eigenvalue weighted by atomic mass is 16.1. The average Bonchev–Trinajstić information content (AvgIpc) is 2.46. The van der Waals surface area contributed by atoms with E-state index in [2.05, 4.69) is 26.8 Å². The molecule has 1 unspecified atom stereocenters. The molecule has 98 valence electrons. The van der Waals surface area contributed by atoms with E-state index in [4.69, 9.17) is 0 Å². The molecule has 1 aromatic rings. The van der Waals surface area contributed by atoms with Crippen LogP contribution in [0.2, 0.25) is 0 Å². The summed E-state index contributed by atoms with van der Waals surface area (Å²) in [7, 11) is 0. The van der Waals surface area contributed by atoms with Crippen molar-refractivity contribution < 1.29 is 4.79 Å². The van der Waals surface area contributed by atoms with Crippen LogP contribution in [-0.4, -0.2) is 5.78 Å². The summed E-state index contributed by atoms with van der Waals surface area (Å²) in [6.45, 7) is 6.76. The van der Waals surface area contributed by atoms with Gasteiger partial charge in [0.25, 0.3) is 0 Å². The molecule has 1 aromatic carbocycles. The molecule has 0 heterocycles. The summed E-state index contributed by atoms with van der Waals surface area (Å²) in [5.74, 6) is 0.625. The number of hydrogen-bond donors (Lipinski definition) is 0. The van der Waals surface area contributed by atoms with Gasteiger partial charge >= 0.3 is 0 Å². The fourth-order valence-electron chi connectivity index (χ4n) is 2.75. The summed E-state index contributed by atoms with van der Waals surface area (Å²) in [6, 6.07) is 8.15. The van der Waals surface area contributed by atoms with E-state index in [1.807, 2.05) is 18.2 Å². The van der Waals surface area contributed by atoms with Crippen molar-refractivity contribution in [2.24, 2.45) is 11.3 Å². The zero-order valence-corrected chi connectivity index (χ0v) is 11.8. The number of aryl methyl sites for hydroxylation is 1. The topological polar surface area (TPSA) is 17.1 Å². The molecule has 0 bridgehead atoms. The summed E-state index contributed by atoms with van der Waals surface area (Å²) in [4.78, 5) is 12.6. The molecule has 0 aliphatic heterocycles. The number of Topliss-reactive ketones (excluding diaryl/α,β-unsaturated/α-hetero) is 1. The van der Waals surface area contributed by atoms with Gasteiger partial charge in [0.2, 0.25) is 0 Å². The molecule has 0 saturated heterocycles. The Morgan fingerprint density at radius 1 is 1.22 bits per heavy atom. The maximum atomic E-state index is 12.6. The Kier molecular flexibility index (Phi) is 3.89. The van der Waals surface area contributed by atoms with Crippen LogP contribution in [0.5, 0.6) is 0 Å². The third kappa shape index (κ3) is 3.22. The Bertz CT molecular complexity index is 425. The lowest BCUT2D eigenvalue weighted by atomic mass is 9.83. The first kappa shape index (κ1) is 13.3. The van der Waals surface area contributed by atoms with Crippen molar-refractivity contribution in [2.45, 2.75) is 52.9 Å². The standard InChI is InChI=1S/C17H24O/c1-17(2,3)12-11-14-9-6-8-13-7-4-5-10-15(13)16(14)18/h4-5,7,10,14H,6,8-9,11-12H2,1-3H3. The lowest BCUT2D eigenvalue weighted by Crippen LogP contribution is -2.17. The Morgan fingerprint density at radius 3 is 2.67 bits per heavy atom. The molecular formula is C17H24O. The highest BCUT2D eigenvalue weighted by Gasteiger charge is 2.26. The van der Waals surface area contributed by atoms with Crippen LogP contribution in [0.15, 0.2) is 24.3 Å². The molecule has 1 atom stereocenters. The molecule has 1 aliphatic carbocycles. The van der Waals surface area contributed by atoms with E-state index in [0.717, 1.165) is 37.7 Å². The third-order valence-corrected chi connectivity index (χ3v) is 3.90. The van der Waals surface area contributed by atoms with Crippen molar-refractivity contribution in [1.82, 2.24) is 0 Å². The van der Waals surface area contributed by atoms with E-state index in [0.29, 0.717) is 11.2 Å². The van der Waals surface area contributed by atoms with Gasteiger partial charge in [0.05, 0.1) is 0 Å². The molecule has 2 rings (SSSR count). The maximum absolute atomic E-state index is 12.6. The van der Waals surface area contributed by atoms with Crippen LogP contribution in [0.25, 0.3) is 0 Å². The van der Waals surface area contributed by atoms with Gasteiger partial charge in [0.15, 0.2) is 5.78 Å². The van der Waals surface area contributed by atoms with E-state index in [1.165, 1.54) is 5.56 Å². The molecule has 0 N–H and O–H groups in total. The zero-order chi connectivity index (χ0) is 13.2. The van der Waals surface area contributed by atoms with Gasteiger partial charge in [-0.15, -0.1) is 0 Å². The smallest absolute Gasteiger partial charge is 0.166 e. The van der Waals surface area contributed by atoms with Gasteiger partial charge < -0.3 is 0 Å². The summed E-state index contributed by atoms with van der Waals surface area (Å²) < 4.78 is 0. The normalized spacial score (nSPS) is 20.4. The number of hydrogen-bond acceptors (Lipinski definition) is 1. The molecule has 18 heavy (non-hydrogen) atoms. The molecule has 1 aliphatic rings. The van der Waals surface area contributed by atoms with Gasteiger partial charge in [0, 0.05) is 11.5 Å². The van der Waals surface area contributed by atoms with E-state index in [9.17, 15) is 4.79 Å². The molecule has 0 aromatic heterocycles. The number of rotatable bonds is 2. The second-order valence-corrected chi connectivity index (χ2v) is 6.71. The van der Waals surface area contributed by atoms with Crippen molar-refractivity contribution in [2.75, 3.05) is 0 Å². The van der Waals surface area contributed by atoms with E-state index < -0.39 is 0 Å². The lowest BCUT2D eigenvalue weighted by Gasteiger charge is -2.21. The first-order chi connectivity index (χ1) is 8.47. The fourth-order valence-corrected chi connectivity index (χ4v) is 2.75. The van der Waals surface area contributed by atoms with E-state index in [-0.39, 0.29) is 5.92 Å². The van der Waals surface area contributed by atoms with Gasteiger partial charge in [-0.25, -0.2) is 0 Å². The quantitative estimate of drug-likeness (QED) is 0.692. The van der Waals surface area contributed by atoms with Crippen LogP contribution >= 0.6 is 0 Å². The van der Waals surface area contributed by atoms with Gasteiger partial charge in [-0.3, -0.25) is 4.79 Å². The summed E-state index contributed by atoms with van der Waals surface area (Å²) in [5, 5.41) is 0. The van der Waals surface area contributed by atoms with Gasteiger partial charge in [-0.05, 0) is 43.1 Å². The lowest BCUT2D eigenvalue weighted by molar-refractivity contribution is 0.0899. The minimum absolute atomic E-state index is 0.243. The van der Waals surface area contributed by atoms with E-state index in [1.54, 1.807) is 0 Å². The minimum atomic E-state index is 0.243. The number of carbonyl (C=O) groups excluding carboxylic acids is 1. The SMILES string of the molecule is CC(C)(C)CCC1CCCc2ccccc2C1=O. The van der Waals surface area contributed by atoms with Crippen molar-refractivity contribution in [1.29, 1.82) is 0 Å². The summed E-state index contributed by atoms with van der Waals surface area (Å²) >= 11 is 0. The molecule has 0 fully saturated rings. The van der Waals surface area contributed by atoms with Crippen LogP contribution in [-0.2, 0) is 6.42 Å². The van der Waals surface area contributed by atoms with Crippen LogP contribution in [0, 0.1) is 11.3 Å². The zero-order valence-electron chi connectivity index (χ0n) is 11.8. The Balaban J connectivity index is 2.13. The second-order valence-electron chi connectivity index (χ2n) is 6.71. The first-order valence-corrected chi connectivity index (χ1v) is 7.09. The first-order valence-electron chi connectivity index (χ1n) is 7.09. The minimum Gasteiger partial charge on any atom is -0.294 e. The average molecular weight is 244 g/mol. The highest BCUT2D eigenvalue weighted by Crippen LogP contribution is 2.31. The maximum Gasteiger partial charge on any atom is 0.166 e. The number of fused-ring (bicyclic) bond motifs is 1. The second kappa shape index (κ2) is 5.26. The van der Waals surface area contributed by atoms with Crippen LogP contribution in [0.1, 0.15) is 62.4 Å². The van der Waals surface area contributed by atoms with Gasteiger partial charge in [-0.2, -0.15) is 0 Å². The third-order valence-electron chi connectivity index (χ3n) is 3.90. The summed E-state index contributed by atoms with van der Waals surface area (Å²) in [5.41, 5.74) is 2.56. The van der Waals surface area contributed by atoms with Crippen molar-refractivity contribution in [3.63, 3.8) is 0 Å². The largest absolute Gasteiger partial charge is 0.294 e. The molecule has 0 radical (unpaired) electrons. The Morgan fingerprint density at radius 2 is 1.94 bits per heavy atom. The Labute approximate surface area is 111 Å². The molecule has 1 nitrogen and oxygen atoms in total. The van der Waals surface area contributed by atoms with E-state index >= 15 is 0 Å². The van der Waals surface area contributed by atoms with Crippen molar-refractivity contribution in [3.05, 3.63) is 35.4 Å². The molecule has 1 heteroatoms. The number of carbonyl (C=O) groups is 1. The summed E-state index contributed by atoms with van der Waals surface area (Å²) in [6.07, 6.45) is 5.44. The fraction of sp³-hybridized carbons (Fsp3) is 0.588. The molecular weight excluding hydrogens is 220 g/mol. The van der Waals surface area contributed by atoms with Crippen molar-refractivity contribution in [3.8, 4) is 0 Å². The predicted molar refractivity (Wildman–Crippen MR) is 75.9 cm³/mol. The molecule has 0 spiro atoms. The van der Waals surface area contributed by atoms with Crippen LogP contribution in [0.4, 0.5) is 0 Å².